The summed E-state index contributed by atoms with van der Waals surface area (Å²) < 4.78 is 0. The molecule has 2 N–H and O–H groups in total. The minimum atomic E-state index is -0.512. The molecule has 1 heterocycles. The summed E-state index contributed by atoms with van der Waals surface area (Å²) in [4.78, 5) is 14.3. The Morgan fingerprint density at radius 1 is 1.42 bits per heavy atom. The number of piperidine rings is 1. The molecule has 0 saturated carbocycles. The van der Waals surface area contributed by atoms with Crippen molar-refractivity contribution in [3.8, 4) is 0 Å². The minimum Gasteiger partial charge on any atom is -0.341 e. The quantitative estimate of drug-likeness (QED) is 0.927. The second-order valence-corrected chi connectivity index (χ2v) is 5.09. The van der Waals surface area contributed by atoms with Gasteiger partial charge in [0.05, 0.1) is 0 Å². The third-order valence-electron chi connectivity index (χ3n) is 3.83. The van der Waals surface area contributed by atoms with E-state index in [2.05, 4.69) is 6.92 Å². The number of carbonyl (C=O) groups is 1. The maximum absolute atomic E-state index is 12.4. The summed E-state index contributed by atoms with van der Waals surface area (Å²) in [7, 11) is 0. The Bertz CT molecular complexity index is 396. The summed E-state index contributed by atoms with van der Waals surface area (Å²) in [5.41, 5.74) is 6.97. The maximum atomic E-state index is 12.4. The normalized spacial score (nSPS) is 20.5. The fourth-order valence-electron chi connectivity index (χ4n) is 2.60. The van der Waals surface area contributed by atoms with Gasteiger partial charge in [-0.25, -0.2) is 0 Å². The van der Waals surface area contributed by atoms with Crippen LogP contribution in [0.25, 0.3) is 0 Å². The molecule has 0 radical (unpaired) electrons. The van der Waals surface area contributed by atoms with E-state index in [0.29, 0.717) is 5.92 Å². The predicted octanol–water partition coefficient (Wildman–Crippen LogP) is 2.76. The fraction of sp³-hybridized carbons (Fsp3) is 0.533. The van der Waals surface area contributed by atoms with Crippen LogP contribution < -0.4 is 5.73 Å². The van der Waals surface area contributed by atoms with Crippen molar-refractivity contribution >= 4 is 18.3 Å². The van der Waals surface area contributed by atoms with E-state index < -0.39 is 6.04 Å². The standard InChI is InChI=1S/C15H22N2O.ClH/c1-2-12-7-6-10-17(11-12)15(18)14(16)13-8-4-3-5-9-13;/h3-5,8-9,12,14H,2,6-7,10-11,16H2,1H3;1H. The van der Waals surface area contributed by atoms with Crippen molar-refractivity contribution < 1.29 is 4.79 Å². The molecule has 19 heavy (non-hydrogen) atoms. The van der Waals surface area contributed by atoms with Crippen LogP contribution in [0.5, 0.6) is 0 Å². The van der Waals surface area contributed by atoms with Crippen LogP contribution in [0.2, 0.25) is 0 Å². The van der Waals surface area contributed by atoms with Crippen LogP contribution in [-0.2, 0) is 4.79 Å². The Hall–Kier alpha value is -1.06. The Labute approximate surface area is 121 Å². The second-order valence-electron chi connectivity index (χ2n) is 5.09. The van der Waals surface area contributed by atoms with Gasteiger partial charge < -0.3 is 10.6 Å². The number of hydrogen-bond acceptors (Lipinski definition) is 2. The van der Waals surface area contributed by atoms with Crippen LogP contribution in [0.3, 0.4) is 0 Å². The molecule has 0 aliphatic carbocycles. The largest absolute Gasteiger partial charge is 0.341 e. The highest BCUT2D eigenvalue weighted by Crippen LogP contribution is 2.22. The SMILES string of the molecule is CCC1CCCN(C(=O)C(N)c2ccccc2)C1.Cl. The molecule has 1 aliphatic heterocycles. The Morgan fingerprint density at radius 2 is 2.11 bits per heavy atom. The van der Waals surface area contributed by atoms with Gasteiger partial charge in [0.2, 0.25) is 5.91 Å². The topological polar surface area (TPSA) is 46.3 Å². The number of benzene rings is 1. The first-order chi connectivity index (χ1) is 8.72. The van der Waals surface area contributed by atoms with Gasteiger partial charge in [0.25, 0.3) is 0 Å². The lowest BCUT2D eigenvalue weighted by atomic mass is 9.94. The molecule has 0 bridgehead atoms. The van der Waals surface area contributed by atoms with E-state index in [1.54, 1.807) is 0 Å². The van der Waals surface area contributed by atoms with Gasteiger partial charge in [-0.3, -0.25) is 4.79 Å². The van der Waals surface area contributed by atoms with Gasteiger partial charge in [0, 0.05) is 13.1 Å². The first-order valence-corrected chi connectivity index (χ1v) is 6.81. The van der Waals surface area contributed by atoms with Crippen molar-refractivity contribution in [1.82, 2.24) is 4.90 Å². The number of amides is 1. The van der Waals surface area contributed by atoms with Crippen LogP contribution in [0.4, 0.5) is 0 Å². The molecule has 1 amide bonds. The van der Waals surface area contributed by atoms with E-state index in [0.717, 1.165) is 31.5 Å². The molecule has 4 heteroatoms. The van der Waals surface area contributed by atoms with Gasteiger partial charge in [-0.2, -0.15) is 0 Å². The first kappa shape index (κ1) is 16.0. The van der Waals surface area contributed by atoms with Gasteiger partial charge in [-0.1, -0.05) is 43.7 Å². The van der Waals surface area contributed by atoms with Crippen molar-refractivity contribution in [3.63, 3.8) is 0 Å². The minimum absolute atomic E-state index is 0. The summed E-state index contributed by atoms with van der Waals surface area (Å²) in [6.45, 7) is 3.92. The number of carbonyl (C=O) groups excluding carboxylic acids is 1. The number of halogens is 1. The summed E-state index contributed by atoms with van der Waals surface area (Å²) in [5, 5.41) is 0. The van der Waals surface area contributed by atoms with Gasteiger partial charge in [0.15, 0.2) is 0 Å². The summed E-state index contributed by atoms with van der Waals surface area (Å²) in [6.07, 6.45) is 3.48. The van der Waals surface area contributed by atoms with Crippen LogP contribution in [-0.4, -0.2) is 23.9 Å². The van der Waals surface area contributed by atoms with E-state index >= 15 is 0 Å². The molecule has 1 aromatic rings. The summed E-state index contributed by atoms with van der Waals surface area (Å²) >= 11 is 0. The molecule has 1 fully saturated rings. The number of rotatable bonds is 3. The fourth-order valence-corrected chi connectivity index (χ4v) is 2.60. The number of nitrogens with zero attached hydrogens (tertiary/aromatic N) is 1. The van der Waals surface area contributed by atoms with E-state index in [9.17, 15) is 4.79 Å². The average Bonchev–Trinajstić information content (AvgIpc) is 2.46. The van der Waals surface area contributed by atoms with Crippen LogP contribution >= 0.6 is 12.4 Å². The molecule has 1 aliphatic rings. The highest BCUT2D eigenvalue weighted by Gasteiger charge is 2.26. The van der Waals surface area contributed by atoms with E-state index in [-0.39, 0.29) is 18.3 Å². The van der Waals surface area contributed by atoms with Crippen LogP contribution in [0, 0.1) is 5.92 Å². The molecule has 1 aromatic carbocycles. The van der Waals surface area contributed by atoms with E-state index in [1.807, 2.05) is 35.2 Å². The highest BCUT2D eigenvalue weighted by molar-refractivity contribution is 5.85. The van der Waals surface area contributed by atoms with Crippen LogP contribution in [0.15, 0.2) is 30.3 Å². The van der Waals surface area contributed by atoms with Crippen molar-refractivity contribution in [2.24, 2.45) is 11.7 Å². The molecular weight excluding hydrogens is 260 g/mol. The maximum Gasteiger partial charge on any atom is 0.244 e. The zero-order chi connectivity index (χ0) is 13.0. The van der Waals surface area contributed by atoms with Crippen LogP contribution in [0.1, 0.15) is 37.8 Å². The Morgan fingerprint density at radius 3 is 2.74 bits per heavy atom. The van der Waals surface area contributed by atoms with Crippen molar-refractivity contribution in [2.75, 3.05) is 13.1 Å². The van der Waals surface area contributed by atoms with E-state index in [1.165, 1.54) is 6.42 Å². The molecule has 2 unspecified atom stereocenters. The van der Waals surface area contributed by atoms with Gasteiger partial charge in [-0.05, 0) is 24.3 Å². The van der Waals surface area contributed by atoms with Gasteiger partial charge in [0.1, 0.15) is 6.04 Å². The number of hydrogen-bond donors (Lipinski definition) is 1. The third-order valence-corrected chi connectivity index (χ3v) is 3.83. The summed E-state index contributed by atoms with van der Waals surface area (Å²) in [6, 6.07) is 9.12. The number of nitrogens with two attached hydrogens (primary N) is 1. The molecular formula is C15H23ClN2O. The average molecular weight is 283 g/mol. The molecule has 3 nitrogen and oxygen atoms in total. The lowest BCUT2D eigenvalue weighted by molar-refractivity contribution is -0.134. The zero-order valence-electron chi connectivity index (χ0n) is 11.4. The molecule has 106 valence electrons. The smallest absolute Gasteiger partial charge is 0.244 e. The monoisotopic (exact) mass is 282 g/mol. The highest BCUT2D eigenvalue weighted by atomic mass is 35.5. The van der Waals surface area contributed by atoms with Crippen molar-refractivity contribution in [2.45, 2.75) is 32.2 Å². The lowest BCUT2D eigenvalue weighted by Gasteiger charge is -2.34. The van der Waals surface area contributed by atoms with Gasteiger partial charge in [-0.15, -0.1) is 12.4 Å². The first-order valence-electron chi connectivity index (χ1n) is 6.81. The van der Waals surface area contributed by atoms with Gasteiger partial charge >= 0.3 is 0 Å². The molecule has 1 saturated heterocycles. The third kappa shape index (κ3) is 3.95. The van der Waals surface area contributed by atoms with E-state index in [4.69, 9.17) is 5.73 Å². The second kappa shape index (κ2) is 7.51. The van der Waals surface area contributed by atoms with Crippen molar-refractivity contribution in [1.29, 1.82) is 0 Å². The molecule has 0 spiro atoms. The lowest BCUT2D eigenvalue weighted by Crippen LogP contribution is -2.44. The molecule has 2 rings (SSSR count). The Kier molecular flexibility index (Phi) is 6.32. The Balaban J connectivity index is 0.00000180. The summed E-state index contributed by atoms with van der Waals surface area (Å²) in [5.74, 6) is 0.713. The zero-order valence-corrected chi connectivity index (χ0v) is 12.2. The van der Waals surface area contributed by atoms with Crippen molar-refractivity contribution in [3.05, 3.63) is 35.9 Å². The number of likely N-dealkylation sites (tertiary alicyclic amines) is 1. The predicted molar refractivity (Wildman–Crippen MR) is 80.2 cm³/mol. The molecule has 2 atom stereocenters. The molecule has 0 aromatic heterocycles.